The first-order valence-electron chi connectivity index (χ1n) is 8.00. The molecule has 1 aromatic heterocycles. The van der Waals surface area contributed by atoms with Crippen LogP contribution >= 0.6 is 0 Å². The van der Waals surface area contributed by atoms with E-state index in [4.69, 9.17) is 9.84 Å². The zero-order valence-electron chi connectivity index (χ0n) is 14.6. The standard InChI is InChI=1S/C19H22N2O4/c1-19(2,3)13-4-7-15(8-5-13)25-17-10-6-14(12-20-17)21-16(22)9-11-18(23)24/h4-8,10,12H,9,11H2,1-3H3,(H,21,22)(H,23,24). The molecule has 25 heavy (non-hydrogen) atoms. The average molecular weight is 342 g/mol. The number of anilines is 1. The lowest BCUT2D eigenvalue weighted by Crippen LogP contribution is -2.13. The molecule has 0 radical (unpaired) electrons. The molecule has 2 N–H and O–H groups in total. The fraction of sp³-hybridized carbons (Fsp3) is 0.316. The van der Waals surface area contributed by atoms with Gasteiger partial charge in [0.05, 0.1) is 18.3 Å². The predicted molar refractivity (Wildman–Crippen MR) is 95.0 cm³/mol. The molecule has 0 aliphatic rings. The number of rotatable bonds is 6. The minimum atomic E-state index is -1.01. The number of carbonyl (C=O) groups excluding carboxylic acids is 1. The lowest BCUT2D eigenvalue weighted by Gasteiger charge is -2.19. The molecule has 0 saturated heterocycles. The van der Waals surface area contributed by atoms with Crippen LogP contribution in [0.2, 0.25) is 0 Å². The van der Waals surface area contributed by atoms with Gasteiger partial charge in [0.2, 0.25) is 11.8 Å². The molecule has 1 amide bonds. The topological polar surface area (TPSA) is 88.5 Å². The lowest BCUT2D eigenvalue weighted by atomic mass is 9.87. The quantitative estimate of drug-likeness (QED) is 0.829. The van der Waals surface area contributed by atoms with Crippen LogP contribution in [0.3, 0.4) is 0 Å². The average Bonchev–Trinajstić information content (AvgIpc) is 2.54. The number of benzene rings is 1. The Bertz CT molecular complexity index is 732. The van der Waals surface area contributed by atoms with Crippen molar-refractivity contribution in [3.05, 3.63) is 48.2 Å². The third kappa shape index (κ3) is 5.91. The smallest absolute Gasteiger partial charge is 0.303 e. The van der Waals surface area contributed by atoms with Crippen molar-refractivity contribution in [3.8, 4) is 11.6 Å². The van der Waals surface area contributed by atoms with Crippen LogP contribution in [0.5, 0.6) is 11.6 Å². The number of pyridine rings is 1. The first-order chi connectivity index (χ1) is 11.7. The molecule has 1 aromatic carbocycles. The van der Waals surface area contributed by atoms with Crippen molar-refractivity contribution in [2.75, 3.05) is 5.32 Å². The maximum absolute atomic E-state index is 11.6. The highest BCUT2D eigenvalue weighted by molar-refractivity contribution is 5.92. The van der Waals surface area contributed by atoms with Gasteiger partial charge in [-0.05, 0) is 29.2 Å². The van der Waals surface area contributed by atoms with Crippen LogP contribution in [0.25, 0.3) is 0 Å². The van der Waals surface area contributed by atoms with E-state index in [1.54, 1.807) is 12.1 Å². The second kappa shape index (κ2) is 7.79. The number of carbonyl (C=O) groups is 2. The van der Waals surface area contributed by atoms with Gasteiger partial charge in [0.1, 0.15) is 5.75 Å². The zero-order chi connectivity index (χ0) is 18.4. The molecule has 0 bridgehead atoms. The number of aliphatic carboxylic acids is 1. The van der Waals surface area contributed by atoms with Gasteiger partial charge >= 0.3 is 5.97 Å². The molecular formula is C19H22N2O4. The van der Waals surface area contributed by atoms with Crippen LogP contribution in [0.4, 0.5) is 5.69 Å². The normalized spacial score (nSPS) is 11.0. The third-order valence-electron chi connectivity index (χ3n) is 3.53. The number of ether oxygens (including phenoxy) is 1. The van der Waals surface area contributed by atoms with Gasteiger partial charge in [0.25, 0.3) is 0 Å². The summed E-state index contributed by atoms with van der Waals surface area (Å²) in [6, 6.07) is 11.1. The fourth-order valence-corrected chi connectivity index (χ4v) is 2.10. The Hall–Kier alpha value is -2.89. The van der Waals surface area contributed by atoms with Crippen LogP contribution in [0.1, 0.15) is 39.2 Å². The van der Waals surface area contributed by atoms with Crippen LogP contribution in [0, 0.1) is 0 Å². The van der Waals surface area contributed by atoms with Crippen molar-refractivity contribution in [2.24, 2.45) is 0 Å². The molecule has 0 unspecified atom stereocenters. The van der Waals surface area contributed by atoms with Gasteiger partial charge in [-0.15, -0.1) is 0 Å². The second-order valence-electron chi connectivity index (χ2n) is 6.70. The first kappa shape index (κ1) is 18.4. The number of amides is 1. The molecule has 6 nitrogen and oxygen atoms in total. The van der Waals surface area contributed by atoms with Gasteiger partial charge in [0, 0.05) is 12.5 Å². The largest absolute Gasteiger partial charge is 0.481 e. The van der Waals surface area contributed by atoms with Crippen molar-refractivity contribution in [3.63, 3.8) is 0 Å². The monoisotopic (exact) mass is 342 g/mol. The van der Waals surface area contributed by atoms with Gasteiger partial charge in [-0.25, -0.2) is 4.98 Å². The van der Waals surface area contributed by atoms with E-state index in [0.717, 1.165) is 0 Å². The van der Waals surface area contributed by atoms with E-state index in [9.17, 15) is 9.59 Å². The van der Waals surface area contributed by atoms with Crippen LogP contribution < -0.4 is 10.1 Å². The van der Waals surface area contributed by atoms with Crippen LogP contribution in [-0.2, 0) is 15.0 Å². The van der Waals surface area contributed by atoms with Gasteiger partial charge in [0.15, 0.2) is 0 Å². The lowest BCUT2D eigenvalue weighted by molar-refractivity contribution is -0.138. The highest BCUT2D eigenvalue weighted by Crippen LogP contribution is 2.26. The summed E-state index contributed by atoms with van der Waals surface area (Å²) in [5, 5.41) is 11.1. The molecular weight excluding hydrogens is 320 g/mol. The molecule has 6 heteroatoms. The Balaban J connectivity index is 1.94. The van der Waals surface area contributed by atoms with E-state index < -0.39 is 5.97 Å². The molecule has 0 aliphatic carbocycles. The predicted octanol–water partition coefficient (Wildman–Crippen LogP) is 3.97. The van der Waals surface area contributed by atoms with Crippen molar-refractivity contribution in [1.82, 2.24) is 4.98 Å². The highest BCUT2D eigenvalue weighted by atomic mass is 16.5. The molecule has 0 saturated carbocycles. The van der Waals surface area contributed by atoms with E-state index in [-0.39, 0.29) is 24.2 Å². The van der Waals surface area contributed by atoms with Crippen LogP contribution in [-0.4, -0.2) is 22.0 Å². The first-order valence-corrected chi connectivity index (χ1v) is 8.00. The second-order valence-corrected chi connectivity index (χ2v) is 6.70. The summed E-state index contributed by atoms with van der Waals surface area (Å²) in [4.78, 5) is 26.2. The molecule has 0 spiro atoms. The SMILES string of the molecule is CC(C)(C)c1ccc(Oc2ccc(NC(=O)CCC(=O)O)cn2)cc1. The van der Waals surface area contributed by atoms with E-state index in [2.05, 4.69) is 31.1 Å². The Labute approximate surface area is 146 Å². The maximum atomic E-state index is 11.6. The van der Waals surface area contributed by atoms with E-state index >= 15 is 0 Å². The van der Waals surface area contributed by atoms with E-state index in [0.29, 0.717) is 17.3 Å². The van der Waals surface area contributed by atoms with Crippen molar-refractivity contribution in [2.45, 2.75) is 39.0 Å². The summed E-state index contributed by atoms with van der Waals surface area (Å²) in [5.41, 5.74) is 1.79. The Morgan fingerprint density at radius 3 is 2.28 bits per heavy atom. The molecule has 0 aliphatic heterocycles. The van der Waals surface area contributed by atoms with Crippen molar-refractivity contribution >= 4 is 17.6 Å². The molecule has 0 fully saturated rings. The van der Waals surface area contributed by atoms with Crippen molar-refractivity contribution in [1.29, 1.82) is 0 Å². The van der Waals surface area contributed by atoms with E-state index in [1.165, 1.54) is 11.8 Å². The molecule has 1 heterocycles. The number of hydrogen-bond donors (Lipinski definition) is 2. The summed E-state index contributed by atoms with van der Waals surface area (Å²) in [7, 11) is 0. The number of hydrogen-bond acceptors (Lipinski definition) is 4. The third-order valence-corrected chi connectivity index (χ3v) is 3.53. The summed E-state index contributed by atoms with van der Waals surface area (Å²) in [6.07, 6.45) is 1.19. The number of nitrogens with zero attached hydrogens (tertiary/aromatic N) is 1. The molecule has 2 aromatic rings. The minimum Gasteiger partial charge on any atom is -0.481 e. The summed E-state index contributed by atoms with van der Waals surface area (Å²) < 4.78 is 5.68. The summed E-state index contributed by atoms with van der Waals surface area (Å²) >= 11 is 0. The number of carboxylic acids is 1. The number of nitrogens with one attached hydrogen (secondary N) is 1. The van der Waals surface area contributed by atoms with Gasteiger partial charge < -0.3 is 15.2 Å². The fourth-order valence-electron chi connectivity index (χ4n) is 2.10. The Morgan fingerprint density at radius 1 is 1.08 bits per heavy atom. The highest BCUT2D eigenvalue weighted by Gasteiger charge is 2.13. The summed E-state index contributed by atoms with van der Waals surface area (Å²) in [5.74, 6) is -0.282. The van der Waals surface area contributed by atoms with Gasteiger partial charge in [-0.3, -0.25) is 9.59 Å². The summed E-state index contributed by atoms with van der Waals surface area (Å²) in [6.45, 7) is 6.44. The molecule has 0 atom stereocenters. The minimum absolute atomic E-state index is 0.0757. The number of aromatic nitrogens is 1. The van der Waals surface area contributed by atoms with Crippen LogP contribution in [0.15, 0.2) is 42.6 Å². The van der Waals surface area contributed by atoms with Crippen molar-refractivity contribution < 1.29 is 19.4 Å². The van der Waals surface area contributed by atoms with Gasteiger partial charge in [-0.1, -0.05) is 32.9 Å². The number of carboxylic acid groups (broad SMARTS) is 1. The molecule has 2 rings (SSSR count). The van der Waals surface area contributed by atoms with Gasteiger partial charge in [-0.2, -0.15) is 0 Å². The Morgan fingerprint density at radius 2 is 1.76 bits per heavy atom. The zero-order valence-corrected chi connectivity index (χ0v) is 14.6. The van der Waals surface area contributed by atoms with E-state index in [1.807, 2.05) is 24.3 Å². The Kier molecular flexibility index (Phi) is 5.75. The molecule has 132 valence electrons. The maximum Gasteiger partial charge on any atom is 0.303 e.